The molecule has 31 heteroatoms. The fraction of sp³-hybridized carbons (Fsp3) is 0.521. The summed E-state index contributed by atoms with van der Waals surface area (Å²) in [5.74, 6) is -0.944. The van der Waals surface area contributed by atoms with Crippen molar-refractivity contribution in [2.75, 3.05) is 83.4 Å². The topological polar surface area (TPSA) is 389 Å². The maximum atomic E-state index is 13.9. The molecule has 12 rings (SSSR count). The number of aromatic nitrogens is 4. The van der Waals surface area contributed by atoms with Gasteiger partial charge in [0.1, 0.15) is 35.8 Å². The molecule has 5 aromatic carbocycles. The molecule has 0 spiro atoms. The van der Waals surface area contributed by atoms with Crippen LogP contribution in [0.3, 0.4) is 0 Å². The molecule has 5 fully saturated rings. The summed E-state index contributed by atoms with van der Waals surface area (Å²) in [7, 11) is 5.07. The van der Waals surface area contributed by atoms with E-state index in [4.69, 9.17) is 38.4 Å². The number of nitrogens with zero attached hydrogens (tertiary/aromatic N) is 5. The van der Waals surface area contributed by atoms with Crippen LogP contribution in [0, 0.1) is 22.7 Å². The Kier molecular flexibility index (Phi) is 31.5. The van der Waals surface area contributed by atoms with Gasteiger partial charge in [0.25, 0.3) is 11.8 Å². The highest BCUT2D eigenvalue weighted by Gasteiger charge is 2.48. The molecule has 31 nitrogen and oxygen atoms in total. The van der Waals surface area contributed by atoms with Crippen LogP contribution in [0.1, 0.15) is 220 Å². The van der Waals surface area contributed by atoms with Gasteiger partial charge in [0.15, 0.2) is 11.2 Å². The van der Waals surface area contributed by atoms with Gasteiger partial charge in [-0.3, -0.25) is 28.8 Å². The van der Waals surface area contributed by atoms with Crippen molar-refractivity contribution in [3.05, 3.63) is 162 Å². The molecule has 0 bridgehead atoms. The van der Waals surface area contributed by atoms with Crippen LogP contribution < -0.4 is 47.4 Å². The second-order valence-electron chi connectivity index (χ2n) is 37.5. The van der Waals surface area contributed by atoms with Crippen molar-refractivity contribution in [2.24, 2.45) is 22.7 Å². The maximum absolute atomic E-state index is 13.9. The average molecular weight is 1750 g/mol. The molecule has 0 radical (unpaired) electrons. The van der Waals surface area contributed by atoms with E-state index in [1.54, 1.807) is 22.2 Å². The third-order valence-corrected chi connectivity index (χ3v) is 24.7. The van der Waals surface area contributed by atoms with Gasteiger partial charge in [-0.15, -0.1) is 0 Å². The van der Waals surface area contributed by atoms with Gasteiger partial charge < -0.3 is 95.6 Å². The third kappa shape index (κ3) is 23.5. The van der Waals surface area contributed by atoms with Gasteiger partial charge in [-0.2, -0.15) is 0 Å². The summed E-state index contributed by atoms with van der Waals surface area (Å²) in [6, 6.07) is 37.1. The lowest BCUT2D eigenvalue weighted by atomic mass is 9.84. The summed E-state index contributed by atoms with van der Waals surface area (Å²) < 4.78 is 31.1. The summed E-state index contributed by atoms with van der Waals surface area (Å²) in [6.45, 7) is 27.9. The first-order valence-corrected chi connectivity index (χ1v) is 44.2. The van der Waals surface area contributed by atoms with Crippen LogP contribution in [0.15, 0.2) is 134 Å². The lowest BCUT2D eigenvalue weighted by Gasteiger charge is -2.39. The van der Waals surface area contributed by atoms with Gasteiger partial charge in [0.2, 0.25) is 23.6 Å². The number of hydrogen-bond donors (Lipinski definition) is 10. The Labute approximate surface area is 744 Å². The number of carbonyl (C=O) groups excluding carboxylic acids is 10. The van der Waals surface area contributed by atoms with Crippen molar-refractivity contribution < 1.29 is 76.4 Å². The summed E-state index contributed by atoms with van der Waals surface area (Å²) in [5.41, 5.74) is 8.04. The van der Waals surface area contributed by atoms with Crippen molar-refractivity contribution in [3.8, 4) is 33.6 Å². The molecular formula is C96H129N15O16. The van der Waals surface area contributed by atoms with E-state index in [0.717, 1.165) is 89.0 Å². The molecule has 7 aromatic rings. The van der Waals surface area contributed by atoms with E-state index in [9.17, 15) is 47.9 Å². The normalized spacial score (nSPS) is 20.5. The van der Waals surface area contributed by atoms with Gasteiger partial charge in [-0.25, -0.2) is 29.1 Å². The molecule has 5 aliphatic rings. The van der Waals surface area contributed by atoms with Crippen LogP contribution in [-0.2, 0) is 62.6 Å². The minimum atomic E-state index is -1.21. The SMILES string of the molecule is COC(=O)NCC1(C(=O)N[C@H](c2ncc(-c3ccc(-c4ccc(-c5cnc([C@@H](NC(=O)C6(CNC(=O)OC)CCCCO6)C(C)(C)C)[nH]5)cc4)cc3)[nH]2)C(C)(C)C)CCCCO1.COC(=O)N[C@H](C(=O)N1CCC[C@H]1C(=O)Nc1ccc([C@@H]2CC[C@@H](c3ccc(NC(=O)[C@@H]4CCCN4C(=O)[C@@H](NC(=O)OC)C(C)C)cc3)N2c2ccc(C(C)(C)C)cc2)cc1)C(C)C. The Bertz CT molecular complexity index is 4660. The van der Waals surface area contributed by atoms with Gasteiger partial charge >= 0.3 is 24.4 Å². The molecule has 684 valence electrons. The fourth-order valence-corrected chi connectivity index (χ4v) is 17.3. The highest BCUT2D eigenvalue weighted by atomic mass is 16.6. The summed E-state index contributed by atoms with van der Waals surface area (Å²) >= 11 is 0. The zero-order chi connectivity index (χ0) is 91.9. The molecule has 2 aromatic heterocycles. The van der Waals surface area contributed by atoms with Crippen molar-refractivity contribution in [1.29, 1.82) is 0 Å². The Morgan fingerprint density at radius 2 is 0.811 bits per heavy atom. The Morgan fingerprint density at radius 1 is 0.449 bits per heavy atom. The van der Waals surface area contributed by atoms with Crippen LogP contribution in [0.4, 0.5) is 36.2 Å². The Hall–Kier alpha value is -11.9. The molecule has 127 heavy (non-hydrogen) atoms. The molecule has 5 saturated heterocycles. The van der Waals surface area contributed by atoms with Crippen molar-refractivity contribution >= 4 is 76.9 Å². The van der Waals surface area contributed by atoms with Crippen molar-refractivity contribution in [3.63, 3.8) is 0 Å². The lowest BCUT2D eigenvalue weighted by molar-refractivity contribution is -0.154. The highest BCUT2D eigenvalue weighted by Crippen LogP contribution is 2.48. The molecule has 0 aliphatic carbocycles. The average Bonchev–Trinajstić information content (AvgIpc) is 1.66. The predicted molar refractivity (Wildman–Crippen MR) is 484 cm³/mol. The van der Waals surface area contributed by atoms with E-state index < -0.39 is 82.7 Å². The number of nitrogens with one attached hydrogen (secondary N) is 10. The number of anilines is 3. The molecule has 7 heterocycles. The summed E-state index contributed by atoms with van der Waals surface area (Å²) in [4.78, 5) is 152. The zero-order valence-corrected chi connectivity index (χ0v) is 76.5. The fourth-order valence-electron chi connectivity index (χ4n) is 17.3. The van der Waals surface area contributed by atoms with E-state index in [2.05, 4.69) is 151 Å². The first-order valence-electron chi connectivity index (χ1n) is 44.2. The van der Waals surface area contributed by atoms with E-state index in [1.807, 2.05) is 118 Å². The van der Waals surface area contributed by atoms with Gasteiger partial charge in [-0.05, 0) is 180 Å². The number of hydrogen-bond acceptors (Lipinski definition) is 19. The number of aromatic amines is 2. The van der Waals surface area contributed by atoms with E-state index in [-0.39, 0.29) is 77.9 Å². The summed E-state index contributed by atoms with van der Waals surface area (Å²) in [5, 5.41) is 23.0. The van der Waals surface area contributed by atoms with Crippen LogP contribution >= 0.6 is 0 Å². The first-order chi connectivity index (χ1) is 60.4. The molecule has 2 unspecified atom stereocenters. The number of methoxy groups -OCH3 is 4. The smallest absolute Gasteiger partial charge is 0.407 e. The standard InChI is InChI=1S/C50H67N7O8.C46H62N8O8/c1-30(2)42(53-48(62)64-8)46(60)55-28-10-12-40(55)44(58)51-35-20-14-32(15-21-35)38-26-27-39(57(38)37-24-18-34(19-25-37)50(5,6)7)33-16-22-36(23-17-33)52-45(59)41-13-11-29-56(41)47(61)43(31(3)4)54-49(63)65-9;1-43(2,3)35(53-39(55)45(21-9-11-23-61-45)27-49-41(57)59-7)37-47-25-33(51-37)31-17-13-29(14-18-31)30-15-19-32(20-16-30)34-26-48-38(52-34)36(44(4,5)6)54-40(56)46(22-10-12-24-62-46)28-50-42(58)60-8/h14-25,30-31,38-43H,10-13,26-29H2,1-9H3,(H,51,58)(H,52,59)(H,53,62)(H,54,63);13-20,25-26,35-36H,9-12,21-24,27-28H2,1-8H3,(H,47,51)(H,48,52)(H,49,57)(H,50,58)(H,53,55)(H,54,56)/t38-,39-,40-,41-,42-,43-;35-,36-,45?,46?/m01/s1. The number of imidazole rings is 2. The number of amides is 10. The summed E-state index contributed by atoms with van der Waals surface area (Å²) in [6.07, 6.45) is 9.29. The minimum Gasteiger partial charge on any atom is -0.453 e. The monoisotopic (exact) mass is 1750 g/mol. The second kappa shape index (κ2) is 41.7. The molecule has 10 N–H and O–H groups in total. The Morgan fingerprint density at radius 3 is 1.13 bits per heavy atom. The van der Waals surface area contributed by atoms with Gasteiger partial charge in [0.05, 0.1) is 89.5 Å². The van der Waals surface area contributed by atoms with Crippen LogP contribution in [0.5, 0.6) is 0 Å². The van der Waals surface area contributed by atoms with Crippen LogP contribution in [0.2, 0.25) is 0 Å². The number of benzene rings is 5. The number of H-pyrrole nitrogens is 2. The van der Waals surface area contributed by atoms with Crippen molar-refractivity contribution in [1.82, 2.24) is 61.6 Å². The quantitative estimate of drug-likeness (QED) is 0.0225. The zero-order valence-electron chi connectivity index (χ0n) is 76.5. The molecule has 10 atom stereocenters. The Balaban J connectivity index is 0.000000247. The lowest BCUT2D eigenvalue weighted by Crippen LogP contribution is -2.58. The van der Waals surface area contributed by atoms with Gasteiger partial charge in [0, 0.05) is 43.4 Å². The second-order valence-corrected chi connectivity index (χ2v) is 37.5. The van der Waals surface area contributed by atoms with Gasteiger partial charge in [-0.1, -0.05) is 175 Å². The number of likely N-dealkylation sites (tertiary alicyclic amines) is 2. The maximum Gasteiger partial charge on any atom is 0.407 e. The molecular weight excluding hydrogens is 1620 g/mol. The van der Waals surface area contributed by atoms with E-state index in [0.29, 0.717) is 87.9 Å². The van der Waals surface area contributed by atoms with E-state index >= 15 is 0 Å². The molecule has 10 amide bonds. The first kappa shape index (κ1) is 95.8. The highest BCUT2D eigenvalue weighted by molar-refractivity contribution is 6.00. The largest absolute Gasteiger partial charge is 0.453 e. The molecule has 5 aliphatic heterocycles. The molecule has 0 saturated carbocycles. The van der Waals surface area contributed by atoms with Crippen molar-refractivity contribution in [2.45, 2.75) is 232 Å². The number of carbonyl (C=O) groups is 10. The predicted octanol–water partition coefficient (Wildman–Crippen LogP) is 14.8. The van der Waals surface area contributed by atoms with Crippen LogP contribution in [-0.4, -0.2) is 193 Å². The minimum absolute atomic E-state index is 0.00179. The number of ether oxygens (including phenoxy) is 6. The number of rotatable bonds is 26. The van der Waals surface area contributed by atoms with Crippen LogP contribution in [0.25, 0.3) is 33.6 Å². The third-order valence-electron chi connectivity index (χ3n) is 24.7. The number of alkyl carbamates (subject to hydrolysis) is 4. The van der Waals surface area contributed by atoms with E-state index in [1.165, 1.54) is 34.0 Å².